The van der Waals surface area contributed by atoms with Gasteiger partial charge in [0.1, 0.15) is 0 Å². The molecule has 0 spiro atoms. The van der Waals surface area contributed by atoms with E-state index in [-0.39, 0.29) is 50.9 Å². The van der Waals surface area contributed by atoms with Crippen LogP contribution in [-0.4, -0.2) is 14.3 Å². The summed E-state index contributed by atoms with van der Waals surface area (Å²) in [6.45, 7) is 10.7. The average molecular weight is 374 g/mol. The minimum atomic E-state index is -0.336. The van der Waals surface area contributed by atoms with E-state index in [9.17, 15) is 0 Å². The van der Waals surface area contributed by atoms with E-state index in [1.807, 2.05) is 20.8 Å². The van der Waals surface area contributed by atoms with Crippen LogP contribution in [0.4, 0.5) is 0 Å². The van der Waals surface area contributed by atoms with Gasteiger partial charge in [0.15, 0.2) is 0 Å². The Kier molecular flexibility index (Phi) is 11.0. The molecular formula is C21H32NSiTi. The largest absolute Gasteiger partial charge is 2.00 e. The molecule has 129 valence electrons. The van der Waals surface area contributed by atoms with Gasteiger partial charge in [-0.2, -0.15) is 0 Å². The van der Waals surface area contributed by atoms with Crippen LogP contribution in [0.2, 0.25) is 13.1 Å². The zero-order valence-corrected chi connectivity index (χ0v) is 18.8. The molecule has 0 amide bonds. The number of fused-ring (bicyclic) bond motifs is 3. The minimum absolute atomic E-state index is 0. The van der Waals surface area contributed by atoms with E-state index in [0.29, 0.717) is 5.54 Å². The summed E-state index contributed by atoms with van der Waals surface area (Å²) in [7, 11) is -0.336. The second-order valence-corrected chi connectivity index (χ2v) is 9.78. The van der Waals surface area contributed by atoms with Crippen LogP contribution in [0, 0.1) is 14.9 Å². The van der Waals surface area contributed by atoms with Crippen molar-refractivity contribution < 1.29 is 21.7 Å². The zero-order chi connectivity index (χ0) is 15.6. The van der Waals surface area contributed by atoms with Crippen LogP contribution in [-0.2, 0) is 21.7 Å². The molecule has 3 heteroatoms. The monoisotopic (exact) mass is 374 g/mol. The van der Waals surface area contributed by atoms with E-state index in [0.717, 1.165) is 0 Å². The summed E-state index contributed by atoms with van der Waals surface area (Å²) in [5.41, 5.74) is 12.0. The topological polar surface area (TPSA) is 26.0 Å². The molecule has 1 nitrogen and oxygen atoms in total. The molecule has 0 saturated heterocycles. The quantitative estimate of drug-likeness (QED) is 0.500. The molecule has 0 aromatic heterocycles. The summed E-state index contributed by atoms with van der Waals surface area (Å²) < 4.78 is 0. The van der Waals surface area contributed by atoms with Crippen molar-refractivity contribution >= 4 is 8.80 Å². The van der Waals surface area contributed by atoms with Crippen molar-refractivity contribution in [2.45, 2.75) is 44.9 Å². The standard InChI is InChI=1S/C15H15Si.C4H11N.2CH3.Ti/c1-16(2)15-13-9-5-3-7-11(13)12-8-4-6-10-14(12)15;1-4(2,3)5;;;/h3-10,15H,1-2H3;5H2,1-3H3;2*1H3;/q;;2*-1;+2. The van der Waals surface area contributed by atoms with Crippen LogP contribution in [0.1, 0.15) is 37.4 Å². The fourth-order valence-electron chi connectivity index (χ4n) is 2.78. The Morgan fingerprint density at radius 3 is 1.38 bits per heavy atom. The van der Waals surface area contributed by atoms with E-state index >= 15 is 0 Å². The first-order chi connectivity index (χ1) is 9.79. The molecule has 0 aliphatic heterocycles. The van der Waals surface area contributed by atoms with Crippen molar-refractivity contribution in [3.05, 3.63) is 74.5 Å². The van der Waals surface area contributed by atoms with E-state index in [1.165, 1.54) is 11.1 Å². The number of hydrogen-bond acceptors (Lipinski definition) is 1. The molecule has 1 aliphatic carbocycles. The molecule has 1 radical (unpaired) electrons. The predicted octanol–water partition coefficient (Wildman–Crippen LogP) is 5.73. The van der Waals surface area contributed by atoms with Gasteiger partial charge >= 0.3 is 21.7 Å². The first-order valence-corrected chi connectivity index (χ1v) is 10.1. The van der Waals surface area contributed by atoms with Gasteiger partial charge in [-0.05, 0) is 43.0 Å². The van der Waals surface area contributed by atoms with Gasteiger partial charge in [-0.15, -0.1) is 0 Å². The van der Waals surface area contributed by atoms with E-state index in [4.69, 9.17) is 5.73 Å². The van der Waals surface area contributed by atoms with Crippen molar-refractivity contribution in [2.75, 3.05) is 0 Å². The number of hydrogen-bond donors (Lipinski definition) is 1. The van der Waals surface area contributed by atoms with E-state index in [1.54, 1.807) is 11.1 Å². The van der Waals surface area contributed by atoms with Crippen molar-refractivity contribution in [3.63, 3.8) is 0 Å². The van der Waals surface area contributed by atoms with Gasteiger partial charge in [0.25, 0.3) is 0 Å². The molecule has 0 heterocycles. The van der Waals surface area contributed by atoms with E-state index in [2.05, 4.69) is 61.6 Å². The molecule has 0 fully saturated rings. The summed E-state index contributed by atoms with van der Waals surface area (Å²) in [4.78, 5) is 0. The minimum Gasteiger partial charge on any atom is -0.358 e. The van der Waals surface area contributed by atoms with E-state index < -0.39 is 0 Å². The van der Waals surface area contributed by atoms with Crippen LogP contribution in [0.3, 0.4) is 0 Å². The van der Waals surface area contributed by atoms with Crippen LogP contribution >= 0.6 is 0 Å². The van der Waals surface area contributed by atoms with Gasteiger partial charge in [-0.3, -0.25) is 0 Å². The van der Waals surface area contributed by atoms with Gasteiger partial charge in [0.05, 0.1) is 8.80 Å². The van der Waals surface area contributed by atoms with Crippen LogP contribution < -0.4 is 5.73 Å². The maximum atomic E-state index is 5.35. The Hall–Kier alpha value is -0.669. The van der Waals surface area contributed by atoms with Gasteiger partial charge in [-0.1, -0.05) is 61.6 Å². The second kappa shape index (κ2) is 10.4. The third kappa shape index (κ3) is 6.33. The molecule has 24 heavy (non-hydrogen) atoms. The fourth-order valence-corrected chi connectivity index (χ4v) is 4.53. The second-order valence-electron chi connectivity index (χ2n) is 7.05. The Labute approximate surface area is 166 Å². The summed E-state index contributed by atoms with van der Waals surface area (Å²) in [6, 6.07) is 17.8. The van der Waals surface area contributed by atoms with Crippen LogP contribution in [0.5, 0.6) is 0 Å². The van der Waals surface area contributed by atoms with Crippen LogP contribution in [0.15, 0.2) is 48.5 Å². The molecule has 2 N–H and O–H groups in total. The summed E-state index contributed by atoms with van der Waals surface area (Å²) in [5.74, 6) is 0. The maximum Gasteiger partial charge on any atom is 2.00 e. The maximum absolute atomic E-state index is 5.35. The first-order valence-electron chi connectivity index (χ1n) is 7.56. The SMILES string of the molecule is CC(C)(C)N.C[Si](C)C1c2ccccc2-c2ccccc21.[CH3-].[CH3-].[Ti+2]. The molecule has 0 atom stereocenters. The van der Waals surface area contributed by atoms with Gasteiger partial charge in [0.2, 0.25) is 0 Å². The Balaban J connectivity index is 0. The molecule has 2 aromatic rings. The molecule has 0 saturated carbocycles. The summed E-state index contributed by atoms with van der Waals surface area (Å²) >= 11 is 0. The summed E-state index contributed by atoms with van der Waals surface area (Å²) in [5, 5.41) is 0. The summed E-state index contributed by atoms with van der Waals surface area (Å²) in [6.07, 6.45) is 0. The Bertz CT molecular complexity index is 566. The number of benzene rings is 2. The molecule has 2 aromatic carbocycles. The van der Waals surface area contributed by atoms with Gasteiger partial charge in [0, 0.05) is 11.1 Å². The third-order valence-electron chi connectivity index (χ3n) is 3.41. The molecule has 1 aliphatic rings. The Morgan fingerprint density at radius 2 is 1.08 bits per heavy atom. The molecule has 0 bridgehead atoms. The smallest absolute Gasteiger partial charge is 0.358 e. The van der Waals surface area contributed by atoms with Crippen molar-refractivity contribution in [1.29, 1.82) is 0 Å². The van der Waals surface area contributed by atoms with Crippen molar-refractivity contribution in [2.24, 2.45) is 5.73 Å². The predicted molar refractivity (Wildman–Crippen MR) is 108 cm³/mol. The number of rotatable bonds is 1. The number of nitrogens with two attached hydrogens (primary N) is 1. The third-order valence-corrected chi connectivity index (χ3v) is 5.19. The first kappa shape index (κ1) is 25.6. The molecule has 0 unspecified atom stereocenters. The zero-order valence-electron chi connectivity index (χ0n) is 16.3. The molecule has 3 rings (SSSR count). The van der Waals surface area contributed by atoms with Gasteiger partial charge < -0.3 is 20.6 Å². The van der Waals surface area contributed by atoms with Crippen molar-refractivity contribution in [3.8, 4) is 11.1 Å². The normalized spacial score (nSPS) is 11.8. The van der Waals surface area contributed by atoms with Gasteiger partial charge in [-0.25, -0.2) is 0 Å². The average Bonchev–Trinajstić information content (AvgIpc) is 2.71. The Morgan fingerprint density at radius 1 is 0.792 bits per heavy atom. The van der Waals surface area contributed by atoms with Crippen LogP contribution in [0.25, 0.3) is 11.1 Å². The van der Waals surface area contributed by atoms with Crippen molar-refractivity contribution in [1.82, 2.24) is 0 Å². The fraction of sp³-hybridized carbons (Fsp3) is 0.333. The molecular weight excluding hydrogens is 342 g/mol.